The normalized spacial score (nSPS) is 9.58. The van der Waals surface area contributed by atoms with Crippen molar-refractivity contribution in [3.63, 3.8) is 0 Å². The van der Waals surface area contributed by atoms with Gasteiger partial charge in [0.1, 0.15) is 11.6 Å². The lowest BCUT2D eigenvalue weighted by Gasteiger charge is -1.99. The molecule has 0 saturated carbocycles. The summed E-state index contributed by atoms with van der Waals surface area (Å²) >= 11 is 0. The molecule has 0 fully saturated rings. The van der Waals surface area contributed by atoms with Gasteiger partial charge in [0.25, 0.3) is 0 Å². The number of rotatable bonds is 1. The molecule has 1 unspecified atom stereocenters. The third-order valence-electron chi connectivity index (χ3n) is 1.26. The molecular formula is C7H5F2O2P. The van der Waals surface area contributed by atoms with E-state index in [-0.39, 0.29) is 5.56 Å². The molecule has 0 N–H and O–H groups in total. The first-order valence-electron chi connectivity index (χ1n) is 3.01. The van der Waals surface area contributed by atoms with Crippen LogP contribution in [0.1, 0.15) is 10.4 Å². The second-order valence-electron chi connectivity index (χ2n) is 2.03. The zero-order valence-electron chi connectivity index (χ0n) is 5.88. The van der Waals surface area contributed by atoms with Gasteiger partial charge in [-0.1, -0.05) is 0 Å². The summed E-state index contributed by atoms with van der Waals surface area (Å²) in [5.74, 6) is -2.51. The van der Waals surface area contributed by atoms with Crippen LogP contribution in [0, 0.1) is 11.6 Å². The molecule has 64 valence electrons. The van der Waals surface area contributed by atoms with Crippen LogP contribution in [0.5, 0.6) is 0 Å². The first-order chi connectivity index (χ1) is 5.65. The molecule has 0 bridgehead atoms. The Labute approximate surface area is 69.8 Å². The molecule has 1 rings (SSSR count). The Bertz CT molecular complexity index is 314. The Morgan fingerprint density at radius 1 is 1.42 bits per heavy atom. The number of carbonyl (C=O) groups excluding carboxylic acids is 1. The van der Waals surface area contributed by atoms with Crippen LogP contribution in [0.15, 0.2) is 18.2 Å². The van der Waals surface area contributed by atoms with Crippen molar-refractivity contribution in [2.45, 2.75) is 0 Å². The van der Waals surface area contributed by atoms with Crippen molar-refractivity contribution < 1.29 is 18.1 Å². The molecule has 5 heteroatoms. The highest BCUT2D eigenvalue weighted by Crippen LogP contribution is 2.11. The van der Waals surface area contributed by atoms with Crippen LogP contribution in [-0.2, 0) is 4.52 Å². The summed E-state index contributed by atoms with van der Waals surface area (Å²) in [6.45, 7) is 0. The lowest BCUT2D eigenvalue weighted by Crippen LogP contribution is -2.01. The average Bonchev–Trinajstić information content (AvgIpc) is 2.03. The summed E-state index contributed by atoms with van der Waals surface area (Å²) in [6.07, 6.45) is 0. The van der Waals surface area contributed by atoms with Crippen molar-refractivity contribution in [1.29, 1.82) is 0 Å². The zero-order chi connectivity index (χ0) is 9.14. The molecule has 2 nitrogen and oxygen atoms in total. The molecule has 0 radical (unpaired) electrons. The fourth-order valence-corrected chi connectivity index (χ4v) is 0.845. The lowest BCUT2D eigenvalue weighted by atomic mass is 10.2. The first kappa shape index (κ1) is 9.07. The predicted octanol–water partition coefficient (Wildman–Crippen LogP) is 1.91. The zero-order valence-corrected chi connectivity index (χ0v) is 7.04. The maximum Gasteiger partial charge on any atom is 0.343 e. The first-order valence-corrected chi connectivity index (χ1v) is 3.48. The van der Waals surface area contributed by atoms with E-state index in [2.05, 4.69) is 4.52 Å². The van der Waals surface area contributed by atoms with Gasteiger partial charge in [-0.2, -0.15) is 0 Å². The second-order valence-corrected chi connectivity index (χ2v) is 2.27. The molecule has 0 spiro atoms. The van der Waals surface area contributed by atoms with Crippen molar-refractivity contribution in [1.82, 2.24) is 0 Å². The fourth-order valence-electron chi connectivity index (χ4n) is 0.719. The SMILES string of the molecule is O=C(OP)c1ccc(F)cc1F. The van der Waals surface area contributed by atoms with Crippen LogP contribution in [0.2, 0.25) is 0 Å². The predicted molar refractivity (Wildman–Crippen MR) is 41.5 cm³/mol. The summed E-state index contributed by atoms with van der Waals surface area (Å²) in [6, 6.07) is 2.63. The van der Waals surface area contributed by atoms with Gasteiger partial charge in [-0.15, -0.1) is 0 Å². The minimum atomic E-state index is -0.928. The molecule has 0 aromatic heterocycles. The van der Waals surface area contributed by atoms with Gasteiger partial charge in [0, 0.05) is 6.07 Å². The molecule has 1 atom stereocenters. The number of hydrogen-bond acceptors (Lipinski definition) is 2. The van der Waals surface area contributed by atoms with E-state index in [0.29, 0.717) is 6.07 Å². The number of benzene rings is 1. The summed E-state index contributed by atoms with van der Waals surface area (Å²) in [5, 5.41) is 0. The highest BCUT2D eigenvalue weighted by atomic mass is 31.0. The molecule has 0 aliphatic heterocycles. The lowest BCUT2D eigenvalue weighted by molar-refractivity contribution is 0.0761. The quantitative estimate of drug-likeness (QED) is 0.632. The van der Waals surface area contributed by atoms with Gasteiger partial charge in [0.2, 0.25) is 0 Å². The maximum absolute atomic E-state index is 12.7. The Balaban J connectivity index is 3.09. The van der Waals surface area contributed by atoms with Crippen molar-refractivity contribution in [3.8, 4) is 0 Å². The van der Waals surface area contributed by atoms with E-state index in [0.717, 1.165) is 12.1 Å². The van der Waals surface area contributed by atoms with Crippen LogP contribution >= 0.6 is 9.47 Å². The van der Waals surface area contributed by atoms with E-state index in [1.807, 2.05) is 0 Å². The number of hydrogen-bond donors (Lipinski definition) is 0. The van der Waals surface area contributed by atoms with Crippen molar-refractivity contribution in [2.75, 3.05) is 0 Å². The Hall–Kier alpha value is -1.02. The number of halogens is 2. The monoisotopic (exact) mass is 190 g/mol. The molecule has 0 amide bonds. The minimum Gasteiger partial charge on any atom is -0.448 e. The minimum absolute atomic E-state index is 0.286. The Kier molecular flexibility index (Phi) is 2.71. The van der Waals surface area contributed by atoms with Gasteiger partial charge in [-0.3, -0.25) is 0 Å². The van der Waals surface area contributed by atoms with E-state index < -0.39 is 17.6 Å². The second kappa shape index (κ2) is 3.59. The van der Waals surface area contributed by atoms with Gasteiger partial charge in [-0.25, -0.2) is 13.6 Å². The summed E-state index contributed by atoms with van der Waals surface area (Å²) in [7, 11) is 1.69. The summed E-state index contributed by atoms with van der Waals surface area (Å²) < 4.78 is 29.2. The molecule has 0 aliphatic carbocycles. The van der Waals surface area contributed by atoms with Gasteiger partial charge < -0.3 is 4.52 Å². The maximum atomic E-state index is 12.7. The van der Waals surface area contributed by atoms with E-state index in [9.17, 15) is 13.6 Å². The third kappa shape index (κ3) is 1.77. The smallest absolute Gasteiger partial charge is 0.343 e. The standard InChI is InChI=1S/C7H5F2O2P/c8-4-1-2-5(6(9)3-4)7(10)11-12/h1-3H,12H2. The highest BCUT2D eigenvalue weighted by molar-refractivity contribution is 7.10. The van der Waals surface area contributed by atoms with Gasteiger partial charge >= 0.3 is 5.97 Å². The van der Waals surface area contributed by atoms with Crippen molar-refractivity contribution >= 4 is 15.4 Å². The summed E-state index contributed by atoms with van der Waals surface area (Å²) in [4.78, 5) is 10.7. The van der Waals surface area contributed by atoms with Crippen LogP contribution in [0.4, 0.5) is 8.78 Å². The van der Waals surface area contributed by atoms with E-state index >= 15 is 0 Å². The average molecular weight is 190 g/mol. The van der Waals surface area contributed by atoms with Crippen LogP contribution in [-0.4, -0.2) is 5.97 Å². The molecular weight excluding hydrogens is 185 g/mol. The van der Waals surface area contributed by atoms with Crippen molar-refractivity contribution in [3.05, 3.63) is 35.4 Å². The van der Waals surface area contributed by atoms with Crippen LogP contribution in [0.25, 0.3) is 0 Å². The molecule has 1 aromatic rings. The largest absolute Gasteiger partial charge is 0.448 e. The van der Waals surface area contributed by atoms with Gasteiger partial charge in [0.15, 0.2) is 0 Å². The van der Waals surface area contributed by atoms with Crippen LogP contribution in [0.3, 0.4) is 0 Å². The molecule has 0 saturated heterocycles. The Morgan fingerprint density at radius 2 is 2.08 bits per heavy atom. The van der Waals surface area contributed by atoms with Crippen LogP contribution < -0.4 is 0 Å². The van der Waals surface area contributed by atoms with Crippen molar-refractivity contribution in [2.24, 2.45) is 0 Å². The van der Waals surface area contributed by atoms with E-state index in [4.69, 9.17) is 0 Å². The molecule has 0 aliphatic rings. The van der Waals surface area contributed by atoms with Gasteiger partial charge in [0.05, 0.1) is 15.0 Å². The molecule has 1 aromatic carbocycles. The molecule has 0 heterocycles. The fraction of sp³-hybridized carbons (Fsp3) is 0. The Morgan fingerprint density at radius 3 is 2.58 bits per heavy atom. The third-order valence-corrected chi connectivity index (χ3v) is 1.47. The van der Waals surface area contributed by atoms with Gasteiger partial charge in [-0.05, 0) is 12.1 Å². The number of carbonyl (C=O) groups is 1. The van der Waals surface area contributed by atoms with E-state index in [1.54, 1.807) is 9.47 Å². The summed E-state index contributed by atoms with van der Waals surface area (Å²) in [5.41, 5.74) is -0.286. The topological polar surface area (TPSA) is 26.3 Å². The molecule has 12 heavy (non-hydrogen) atoms. The highest BCUT2D eigenvalue weighted by Gasteiger charge is 2.11. The van der Waals surface area contributed by atoms with E-state index in [1.165, 1.54) is 0 Å².